The van der Waals surface area contributed by atoms with E-state index in [1.807, 2.05) is 19.9 Å². The Balaban J connectivity index is 1.60. The Kier molecular flexibility index (Phi) is 5.54. The molecule has 1 aromatic rings. The smallest absolute Gasteiger partial charge is 0.223 e. The Hall–Kier alpha value is -1.20. The highest BCUT2D eigenvalue weighted by atomic mass is 16.5. The predicted molar refractivity (Wildman–Crippen MR) is 76.5 cm³/mol. The first-order valence-corrected chi connectivity index (χ1v) is 7.10. The number of nitrogens with one attached hydrogen (secondary N) is 1. The quantitative estimate of drug-likeness (QED) is 0.791. The van der Waals surface area contributed by atoms with Gasteiger partial charge in [0.1, 0.15) is 0 Å². The molecule has 1 fully saturated rings. The zero-order valence-electron chi connectivity index (χ0n) is 12.0. The second-order valence-corrected chi connectivity index (χ2v) is 5.06. The monoisotopic (exact) mass is 264 g/mol. The Morgan fingerprint density at radius 3 is 2.53 bits per heavy atom. The molecule has 0 aliphatic carbocycles. The molecular weight excluding hydrogens is 240 g/mol. The van der Waals surface area contributed by atoms with Gasteiger partial charge in [0.25, 0.3) is 0 Å². The van der Waals surface area contributed by atoms with Gasteiger partial charge in [-0.1, -0.05) is 0 Å². The third-order valence-corrected chi connectivity index (χ3v) is 3.27. The van der Waals surface area contributed by atoms with Crippen LogP contribution in [-0.2, 0) is 4.74 Å². The molecule has 1 aliphatic heterocycles. The third kappa shape index (κ3) is 5.12. The van der Waals surface area contributed by atoms with Crippen LogP contribution < -0.4 is 5.32 Å². The second kappa shape index (κ2) is 7.40. The van der Waals surface area contributed by atoms with Crippen LogP contribution in [0, 0.1) is 13.8 Å². The molecule has 0 amide bonds. The van der Waals surface area contributed by atoms with E-state index in [0.717, 1.165) is 56.6 Å². The summed E-state index contributed by atoms with van der Waals surface area (Å²) in [5, 5.41) is 3.30. The molecule has 1 N–H and O–H groups in total. The Bertz CT molecular complexity index is 371. The molecule has 0 aromatic carbocycles. The zero-order chi connectivity index (χ0) is 13.5. The summed E-state index contributed by atoms with van der Waals surface area (Å²) in [4.78, 5) is 11.2. The summed E-state index contributed by atoms with van der Waals surface area (Å²) in [7, 11) is 0. The molecule has 0 unspecified atom stereocenters. The summed E-state index contributed by atoms with van der Waals surface area (Å²) >= 11 is 0. The maximum atomic E-state index is 5.34. The number of unbranched alkanes of at least 4 members (excludes halogenated alkanes) is 1. The van der Waals surface area contributed by atoms with Gasteiger partial charge in [-0.05, 0) is 39.3 Å². The molecule has 1 saturated heterocycles. The van der Waals surface area contributed by atoms with E-state index in [2.05, 4.69) is 20.2 Å². The number of anilines is 1. The number of morpholine rings is 1. The second-order valence-electron chi connectivity index (χ2n) is 5.06. The number of nitrogens with zero attached hydrogens (tertiary/aromatic N) is 3. The van der Waals surface area contributed by atoms with Gasteiger partial charge in [-0.3, -0.25) is 4.90 Å². The first-order chi connectivity index (χ1) is 9.24. The van der Waals surface area contributed by atoms with E-state index in [4.69, 9.17) is 4.74 Å². The van der Waals surface area contributed by atoms with Gasteiger partial charge in [0, 0.05) is 31.0 Å². The lowest BCUT2D eigenvalue weighted by Gasteiger charge is -2.26. The molecule has 0 bridgehead atoms. The van der Waals surface area contributed by atoms with Gasteiger partial charge >= 0.3 is 0 Å². The van der Waals surface area contributed by atoms with Crippen LogP contribution >= 0.6 is 0 Å². The van der Waals surface area contributed by atoms with Crippen LogP contribution in [0.15, 0.2) is 6.07 Å². The summed E-state index contributed by atoms with van der Waals surface area (Å²) in [5.74, 6) is 0.754. The highest BCUT2D eigenvalue weighted by Crippen LogP contribution is 2.04. The average Bonchev–Trinajstić information content (AvgIpc) is 2.38. The normalized spacial score (nSPS) is 16.5. The fourth-order valence-electron chi connectivity index (χ4n) is 2.29. The van der Waals surface area contributed by atoms with Gasteiger partial charge < -0.3 is 10.1 Å². The molecule has 0 saturated carbocycles. The maximum Gasteiger partial charge on any atom is 0.223 e. The Morgan fingerprint density at radius 2 is 1.84 bits per heavy atom. The lowest BCUT2D eigenvalue weighted by atomic mass is 10.2. The summed E-state index contributed by atoms with van der Waals surface area (Å²) in [6, 6.07) is 1.99. The van der Waals surface area contributed by atoms with E-state index < -0.39 is 0 Å². The van der Waals surface area contributed by atoms with Crippen LogP contribution in [0.25, 0.3) is 0 Å². The number of aryl methyl sites for hydroxylation is 2. The molecule has 1 aromatic heterocycles. The molecule has 5 heteroatoms. The molecule has 19 heavy (non-hydrogen) atoms. The van der Waals surface area contributed by atoms with Crippen molar-refractivity contribution in [3.05, 3.63) is 17.5 Å². The summed E-state index contributed by atoms with van der Waals surface area (Å²) in [6.07, 6.45) is 2.35. The van der Waals surface area contributed by atoms with Crippen molar-refractivity contribution in [3.8, 4) is 0 Å². The van der Waals surface area contributed by atoms with Gasteiger partial charge in [-0.2, -0.15) is 0 Å². The van der Waals surface area contributed by atoms with Gasteiger partial charge in [0.15, 0.2) is 0 Å². The van der Waals surface area contributed by atoms with Crippen molar-refractivity contribution < 1.29 is 4.74 Å². The first kappa shape index (κ1) is 14.2. The highest BCUT2D eigenvalue weighted by molar-refractivity contribution is 5.27. The molecule has 2 rings (SSSR count). The fraction of sp³-hybridized carbons (Fsp3) is 0.714. The van der Waals surface area contributed by atoms with Crippen LogP contribution in [0.1, 0.15) is 24.2 Å². The lowest BCUT2D eigenvalue weighted by molar-refractivity contribution is 0.0373. The van der Waals surface area contributed by atoms with E-state index in [1.165, 1.54) is 13.0 Å². The predicted octanol–water partition coefficient (Wildman–Crippen LogP) is 1.62. The van der Waals surface area contributed by atoms with Crippen LogP contribution in [0.2, 0.25) is 0 Å². The number of hydrogen-bond donors (Lipinski definition) is 1. The first-order valence-electron chi connectivity index (χ1n) is 7.10. The molecule has 0 radical (unpaired) electrons. The van der Waals surface area contributed by atoms with Crippen LogP contribution in [0.5, 0.6) is 0 Å². The van der Waals surface area contributed by atoms with Crippen molar-refractivity contribution in [3.63, 3.8) is 0 Å². The maximum absolute atomic E-state index is 5.34. The molecule has 0 atom stereocenters. The van der Waals surface area contributed by atoms with Crippen molar-refractivity contribution in [2.24, 2.45) is 0 Å². The van der Waals surface area contributed by atoms with Crippen molar-refractivity contribution in [1.29, 1.82) is 0 Å². The summed E-state index contributed by atoms with van der Waals surface area (Å²) in [5.41, 5.74) is 2.03. The summed E-state index contributed by atoms with van der Waals surface area (Å²) < 4.78 is 5.34. The van der Waals surface area contributed by atoms with Crippen LogP contribution in [0.4, 0.5) is 5.95 Å². The van der Waals surface area contributed by atoms with E-state index in [9.17, 15) is 0 Å². The Labute approximate surface area is 115 Å². The molecule has 2 heterocycles. The van der Waals surface area contributed by atoms with Crippen molar-refractivity contribution in [2.75, 3.05) is 44.7 Å². The molecule has 106 valence electrons. The molecule has 5 nitrogen and oxygen atoms in total. The number of hydrogen-bond acceptors (Lipinski definition) is 5. The standard InChI is InChI=1S/C14H24N4O/c1-12-11-13(2)17-14(16-12)15-5-3-4-6-18-7-9-19-10-8-18/h11H,3-10H2,1-2H3,(H,15,16,17). The van der Waals surface area contributed by atoms with Crippen molar-refractivity contribution in [2.45, 2.75) is 26.7 Å². The van der Waals surface area contributed by atoms with Crippen LogP contribution in [0.3, 0.4) is 0 Å². The molecule has 0 spiro atoms. The highest BCUT2D eigenvalue weighted by Gasteiger charge is 2.08. The van der Waals surface area contributed by atoms with Gasteiger partial charge in [0.05, 0.1) is 13.2 Å². The van der Waals surface area contributed by atoms with Gasteiger partial charge in [-0.25, -0.2) is 9.97 Å². The Morgan fingerprint density at radius 1 is 1.16 bits per heavy atom. The van der Waals surface area contributed by atoms with Crippen molar-refractivity contribution >= 4 is 5.95 Å². The minimum atomic E-state index is 0.754. The van der Waals surface area contributed by atoms with Crippen molar-refractivity contribution in [1.82, 2.24) is 14.9 Å². The number of aromatic nitrogens is 2. The fourth-order valence-corrected chi connectivity index (χ4v) is 2.29. The van der Waals surface area contributed by atoms with Gasteiger partial charge in [-0.15, -0.1) is 0 Å². The average molecular weight is 264 g/mol. The number of ether oxygens (including phenoxy) is 1. The minimum Gasteiger partial charge on any atom is -0.379 e. The van der Waals surface area contributed by atoms with E-state index in [-0.39, 0.29) is 0 Å². The zero-order valence-corrected chi connectivity index (χ0v) is 12.0. The molecular formula is C14H24N4O. The number of rotatable bonds is 6. The molecule has 1 aliphatic rings. The summed E-state index contributed by atoms with van der Waals surface area (Å²) in [6.45, 7) is 10.0. The SMILES string of the molecule is Cc1cc(C)nc(NCCCCN2CCOCC2)n1. The lowest BCUT2D eigenvalue weighted by Crippen LogP contribution is -2.36. The van der Waals surface area contributed by atoms with Gasteiger partial charge in [0.2, 0.25) is 5.95 Å². The minimum absolute atomic E-state index is 0.754. The topological polar surface area (TPSA) is 50.3 Å². The largest absolute Gasteiger partial charge is 0.379 e. The van der Waals surface area contributed by atoms with Crippen LogP contribution in [-0.4, -0.2) is 54.3 Å². The third-order valence-electron chi connectivity index (χ3n) is 3.27. The van der Waals surface area contributed by atoms with E-state index in [1.54, 1.807) is 0 Å². The van der Waals surface area contributed by atoms with E-state index >= 15 is 0 Å². The van der Waals surface area contributed by atoms with E-state index in [0.29, 0.717) is 0 Å².